The Morgan fingerprint density at radius 1 is 1.42 bits per heavy atom. The van der Waals surface area contributed by atoms with Crippen molar-refractivity contribution in [2.24, 2.45) is 23.2 Å². The van der Waals surface area contributed by atoms with E-state index in [9.17, 15) is 4.79 Å². The van der Waals surface area contributed by atoms with Gasteiger partial charge in [0.15, 0.2) is 0 Å². The lowest BCUT2D eigenvalue weighted by Crippen LogP contribution is -2.49. The first kappa shape index (κ1) is 12.9. The summed E-state index contributed by atoms with van der Waals surface area (Å²) in [4.78, 5) is 12.3. The monoisotopic (exact) mass is 392 g/mol. The van der Waals surface area contributed by atoms with Crippen LogP contribution in [-0.4, -0.2) is 15.5 Å². The molecule has 4 rings (SSSR count). The third-order valence-electron chi connectivity index (χ3n) is 5.91. The molecule has 2 saturated carbocycles. The lowest BCUT2D eigenvalue weighted by molar-refractivity contribution is -0.147. The average Bonchev–Trinajstić information content (AvgIpc) is 3.07. The van der Waals surface area contributed by atoms with Crippen LogP contribution in [-0.2, 0) is 9.53 Å². The van der Waals surface area contributed by atoms with Crippen LogP contribution in [0.2, 0.25) is 0 Å². The van der Waals surface area contributed by atoms with E-state index in [-0.39, 0.29) is 11.9 Å². The van der Waals surface area contributed by atoms with Gasteiger partial charge in [-0.2, -0.15) is 0 Å². The molecule has 104 valence electrons. The molecule has 3 fully saturated rings. The first-order valence-corrected chi connectivity index (χ1v) is 8.86. The van der Waals surface area contributed by atoms with Gasteiger partial charge in [0.1, 0.15) is 5.60 Å². The van der Waals surface area contributed by atoms with E-state index in [4.69, 9.17) is 16.3 Å². The number of esters is 1. The van der Waals surface area contributed by atoms with Crippen LogP contribution in [0.1, 0.15) is 39.0 Å². The summed E-state index contributed by atoms with van der Waals surface area (Å²) in [5.74, 6) is 0.933. The number of carbonyl (C=O) groups is 1. The normalized spacial score (nSPS) is 50.3. The van der Waals surface area contributed by atoms with Crippen LogP contribution >= 0.6 is 34.2 Å². The van der Waals surface area contributed by atoms with Crippen molar-refractivity contribution in [1.82, 2.24) is 0 Å². The second kappa shape index (κ2) is 3.90. The number of rotatable bonds is 0. The van der Waals surface area contributed by atoms with E-state index in [1.165, 1.54) is 19.3 Å². The number of hydrogen-bond acceptors (Lipinski definition) is 2. The Morgan fingerprint density at radius 2 is 2.16 bits per heavy atom. The molecule has 5 atom stereocenters. The van der Waals surface area contributed by atoms with Crippen molar-refractivity contribution < 1.29 is 9.53 Å². The lowest BCUT2D eigenvalue weighted by atomic mass is 9.59. The van der Waals surface area contributed by atoms with Crippen molar-refractivity contribution in [1.29, 1.82) is 0 Å². The van der Waals surface area contributed by atoms with Gasteiger partial charge in [0, 0.05) is 9.84 Å². The Kier molecular flexibility index (Phi) is 2.66. The molecule has 19 heavy (non-hydrogen) atoms. The van der Waals surface area contributed by atoms with Gasteiger partial charge in [0.2, 0.25) is 0 Å². The quantitative estimate of drug-likeness (QED) is 0.353. The van der Waals surface area contributed by atoms with Crippen molar-refractivity contribution in [3.05, 3.63) is 11.1 Å². The van der Waals surface area contributed by atoms with E-state index < -0.39 is 5.60 Å². The van der Waals surface area contributed by atoms with Gasteiger partial charge in [-0.15, -0.1) is 0 Å². The highest BCUT2D eigenvalue weighted by atomic mass is 127. The molecule has 2 nitrogen and oxygen atoms in total. The van der Waals surface area contributed by atoms with E-state index in [0.29, 0.717) is 21.2 Å². The topological polar surface area (TPSA) is 26.3 Å². The largest absolute Gasteiger partial charge is 0.453 e. The molecule has 1 aliphatic heterocycles. The summed E-state index contributed by atoms with van der Waals surface area (Å²) in [6, 6.07) is 0. The maximum absolute atomic E-state index is 12.3. The third-order valence-corrected chi connectivity index (χ3v) is 7.81. The average molecular weight is 393 g/mol. The van der Waals surface area contributed by atoms with Crippen LogP contribution in [0.5, 0.6) is 0 Å². The van der Waals surface area contributed by atoms with Crippen molar-refractivity contribution in [3.63, 3.8) is 0 Å². The minimum Gasteiger partial charge on any atom is -0.453 e. The molecule has 1 saturated heterocycles. The molecule has 1 heterocycles. The number of ether oxygens (including phenoxy) is 1. The van der Waals surface area contributed by atoms with E-state index in [0.717, 1.165) is 17.9 Å². The molecule has 3 aliphatic carbocycles. The molecular weight excluding hydrogens is 375 g/mol. The van der Waals surface area contributed by atoms with Gasteiger partial charge in [-0.05, 0) is 43.9 Å². The fourth-order valence-electron chi connectivity index (χ4n) is 4.96. The number of halogens is 2. The second-order valence-corrected chi connectivity index (χ2v) is 8.84. The molecule has 0 aromatic heterocycles. The maximum atomic E-state index is 12.3. The van der Waals surface area contributed by atoms with Crippen molar-refractivity contribution in [2.45, 2.75) is 48.6 Å². The lowest BCUT2D eigenvalue weighted by Gasteiger charge is -2.47. The highest BCUT2D eigenvalue weighted by Crippen LogP contribution is 2.71. The second-order valence-electron chi connectivity index (χ2n) is 6.83. The maximum Gasteiger partial charge on any atom is 0.310 e. The van der Waals surface area contributed by atoms with Gasteiger partial charge in [-0.25, -0.2) is 0 Å². The number of allylic oxidation sites excluding steroid dienone is 1. The van der Waals surface area contributed by atoms with Crippen LogP contribution in [0.15, 0.2) is 11.1 Å². The van der Waals surface area contributed by atoms with Crippen LogP contribution < -0.4 is 0 Å². The Morgan fingerprint density at radius 3 is 2.84 bits per heavy atom. The van der Waals surface area contributed by atoms with E-state index in [1.54, 1.807) is 0 Å². The van der Waals surface area contributed by atoms with E-state index in [2.05, 4.69) is 28.7 Å². The number of hydrogen-bond donors (Lipinski definition) is 0. The summed E-state index contributed by atoms with van der Waals surface area (Å²) in [5.41, 5.74) is -0.236. The summed E-state index contributed by atoms with van der Waals surface area (Å²) in [7, 11) is 0. The summed E-state index contributed by atoms with van der Waals surface area (Å²) < 4.78 is 6.42. The van der Waals surface area contributed by atoms with E-state index in [1.807, 2.05) is 6.92 Å². The fourth-order valence-corrected chi connectivity index (χ4v) is 6.62. The zero-order valence-corrected chi connectivity index (χ0v) is 13.9. The van der Waals surface area contributed by atoms with Crippen molar-refractivity contribution in [2.75, 3.05) is 0 Å². The molecule has 0 radical (unpaired) electrons. The van der Waals surface area contributed by atoms with Crippen molar-refractivity contribution in [3.8, 4) is 0 Å². The standard InChI is InChI=1S/C15H18ClIO2/c1-14-11(16)7-9-10(17)4-2-3-8(13(18)19-14)12(14)15(9)5-6-15/h7-10,12H,2-6H2,1H3/t8-,9+,10+,12+,14+/m0/s1. The van der Waals surface area contributed by atoms with Gasteiger partial charge in [0.25, 0.3) is 0 Å². The predicted molar refractivity (Wildman–Crippen MR) is 82.2 cm³/mol. The van der Waals surface area contributed by atoms with Gasteiger partial charge in [-0.3, -0.25) is 4.79 Å². The zero-order valence-electron chi connectivity index (χ0n) is 11.0. The minimum atomic E-state index is -0.538. The zero-order chi connectivity index (χ0) is 13.4. The molecule has 4 aliphatic rings. The van der Waals surface area contributed by atoms with Crippen LogP contribution in [0.3, 0.4) is 0 Å². The molecule has 0 aromatic carbocycles. The highest BCUT2D eigenvalue weighted by Gasteiger charge is 2.71. The molecule has 0 amide bonds. The summed E-state index contributed by atoms with van der Waals surface area (Å²) in [6.45, 7) is 2.04. The SMILES string of the molecule is C[C@@]12OC(=O)[C@H]3CCC[C@@H](I)[C@@H](C=C1Cl)C1(CC1)[C@H]32. The Bertz CT molecular complexity index is 485. The molecule has 0 unspecified atom stereocenters. The fraction of sp³-hybridized carbons (Fsp3) is 0.800. The van der Waals surface area contributed by atoms with Gasteiger partial charge >= 0.3 is 5.97 Å². The first-order chi connectivity index (χ1) is 8.99. The summed E-state index contributed by atoms with van der Waals surface area (Å²) >= 11 is 9.14. The summed E-state index contributed by atoms with van der Waals surface area (Å²) in [6.07, 6.45) is 8.02. The molecule has 4 heteroatoms. The predicted octanol–water partition coefficient (Wildman–Crippen LogP) is 4.05. The molecule has 1 spiro atoms. The third kappa shape index (κ3) is 1.52. The van der Waals surface area contributed by atoms with E-state index >= 15 is 0 Å². The van der Waals surface area contributed by atoms with Crippen LogP contribution in [0.4, 0.5) is 0 Å². The van der Waals surface area contributed by atoms with Gasteiger partial charge in [0.05, 0.1) is 11.0 Å². The molecular formula is C15H18ClIO2. The first-order valence-electron chi connectivity index (χ1n) is 7.24. The molecule has 0 aromatic rings. The molecule has 0 N–H and O–H groups in total. The van der Waals surface area contributed by atoms with Gasteiger partial charge < -0.3 is 4.74 Å². The Hall–Kier alpha value is 0.230. The van der Waals surface area contributed by atoms with Crippen LogP contribution in [0, 0.1) is 23.2 Å². The molecule has 2 bridgehead atoms. The number of carbonyl (C=O) groups excluding carboxylic acids is 1. The Labute approximate surface area is 132 Å². The number of alkyl halides is 1. The smallest absolute Gasteiger partial charge is 0.310 e. The highest BCUT2D eigenvalue weighted by molar-refractivity contribution is 14.1. The van der Waals surface area contributed by atoms with Gasteiger partial charge in [-0.1, -0.05) is 46.7 Å². The summed E-state index contributed by atoms with van der Waals surface area (Å²) in [5, 5.41) is 0.777. The minimum absolute atomic E-state index is 0.00196. The van der Waals surface area contributed by atoms with Crippen LogP contribution in [0.25, 0.3) is 0 Å². The van der Waals surface area contributed by atoms with Crippen molar-refractivity contribution >= 4 is 40.2 Å². The Balaban J connectivity index is 1.91.